The third kappa shape index (κ3) is 6.02. The highest BCUT2D eigenvalue weighted by Gasteiger charge is 2.11. The van der Waals surface area contributed by atoms with Crippen LogP contribution in [-0.4, -0.2) is 64.4 Å². The Morgan fingerprint density at radius 3 is 2.71 bits per heavy atom. The summed E-state index contributed by atoms with van der Waals surface area (Å²) < 4.78 is 15.8. The fourth-order valence-corrected chi connectivity index (χ4v) is 2.77. The monoisotopic (exact) mass is 336 g/mol. The number of hydrogen-bond acceptors (Lipinski definition) is 5. The van der Waals surface area contributed by atoms with Crippen molar-refractivity contribution in [1.82, 2.24) is 10.2 Å². The summed E-state index contributed by atoms with van der Waals surface area (Å²) in [5, 5.41) is 2.98. The smallest absolute Gasteiger partial charge is 0.224 e. The summed E-state index contributed by atoms with van der Waals surface area (Å²) in [6.45, 7) is 5.47. The van der Waals surface area contributed by atoms with Crippen molar-refractivity contribution in [1.29, 1.82) is 0 Å². The van der Waals surface area contributed by atoms with E-state index in [2.05, 4.69) is 10.2 Å². The molecule has 0 atom stereocenters. The molecule has 0 unspecified atom stereocenters. The quantitative estimate of drug-likeness (QED) is 0.692. The van der Waals surface area contributed by atoms with Crippen LogP contribution in [0.25, 0.3) is 0 Å². The van der Waals surface area contributed by atoms with Crippen LogP contribution in [0.3, 0.4) is 0 Å². The van der Waals surface area contributed by atoms with Crippen molar-refractivity contribution in [3.05, 3.63) is 23.8 Å². The fourth-order valence-electron chi connectivity index (χ4n) is 2.77. The van der Waals surface area contributed by atoms with Crippen LogP contribution in [0.1, 0.15) is 18.4 Å². The maximum Gasteiger partial charge on any atom is 0.224 e. The molecule has 6 heteroatoms. The van der Waals surface area contributed by atoms with E-state index in [1.54, 1.807) is 14.2 Å². The first kappa shape index (κ1) is 18.5. The van der Waals surface area contributed by atoms with Crippen LogP contribution in [-0.2, 0) is 16.0 Å². The molecule has 1 aromatic carbocycles. The predicted molar refractivity (Wildman–Crippen MR) is 92.8 cm³/mol. The summed E-state index contributed by atoms with van der Waals surface area (Å²) in [5.41, 5.74) is 0.836. The van der Waals surface area contributed by atoms with Gasteiger partial charge < -0.3 is 19.5 Å². The van der Waals surface area contributed by atoms with Gasteiger partial charge >= 0.3 is 0 Å². The first-order valence-electron chi connectivity index (χ1n) is 8.50. The Morgan fingerprint density at radius 2 is 2.00 bits per heavy atom. The van der Waals surface area contributed by atoms with E-state index in [0.29, 0.717) is 18.7 Å². The molecule has 0 spiro atoms. The Bertz CT molecular complexity index is 516. The normalized spacial score (nSPS) is 15.1. The second kappa shape index (κ2) is 10.2. The van der Waals surface area contributed by atoms with E-state index in [4.69, 9.17) is 14.2 Å². The molecule has 1 N–H and O–H groups in total. The maximum absolute atomic E-state index is 12.1. The number of carbonyl (C=O) groups excluding carboxylic acids is 1. The number of rotatable bonds is 9. The summed E-state index contributed by atoms with van der Waals surface area (Å²) >= 11 is 0. The van der Waals surface area contributed by atoms with Crippen LogP contribution in [0.15, 0.2) is 18.2 Å². The van der Waals surface area contributed by atoms with E-state index in [-0.39, 0.29) is 5.91 Å². The topological polar surface area (TPSA) is 60.0 Å². The number of morpholine rings is 1. The zero-order chi connectivity index (χ0) is 17.2. The number of unbranched alkanes of at least 4 members (excludes halogenated alkanes) is 1. The fraction of sp³-hybridized carbons (Fsp3) is 0.611. The van der Waals surface area contributed by atoms with Crippen molar-refractivity contribution in [3.8, 4) is 11.5 Å². The van der Waals surface area contributed by atoms with Crippen LogP contribution in [0.4, 0.5) is 0 Å². The second-order valence-electron chi connectivity index (χ2n) is 5.87. The molecule has 134 valence electrons. The number of benzene rings is 1. The Balaban J connectivity index is 1.67. The molecule has 1 aromatic rings. The maximum atomic E-state index is 12.1. The lowest BCUT2D eigenvalue weighted by atomic mass is 10.1. The standard InChI is InChI=1S/C18H28N2O4/c1-22-16-5-6-17(23-2)15(13-16)14-18(21)19-7-3-4-8-20-9-11-24-12-10-20/h5-6,13H,3-4,7-12,14H2,1-2H3,(H,19,21). The zero-order valence-corrected chi connectivity index (χ0v) is 14.7. The van der Waals surface area contributed by atoms with Gasteiger partial charge in [-0.2, -0.15) is 0 Å². The lowest BCUT2D eigenvalue weighted by Crippen LogP contribution is -2.37. The van der Waals surface area contributed by atoms with Crippen molar-refractivity contribution in [2.45, 2.75) is 19.3 Å². The average Bonchev–Trinajstić information content (AvgIpc) is 2.62. The molecule has 1 aliphatic rings. The van der Waals surface area contributed by atoms with Gasteiger partial charge in [-0.15, -0.1) is 0 Å². The zero-order valence-electron chi connectivity index (χ0n) is 14.7. The number of nitrogens with zero attached hydrogens (tertiary/aromatic N) is 1. The van der Waals surface area contributed by atoms with Crippen molar-refractivity contribution in [2.75, 3.05) is 53.6 Å². The van der Waals surface area contributed by atoms with Gasteiger partial charge in [0.1, 0.15) is 11.5 Å². The van der Waals surface area contributed by atoms with Crippen molar-refractivity contribution in [3.63, 3.8) is 0 Å². The van der Waals surface area contributed by atoms with E-state index in [0.717, 1.165) is 57.0 Å². The van der Waals surface area contributed by atoms with Crippen molar-refractivity contribution in [2.24, 2.45) is 0 Å². The molecule has 24 heavy (non-hydrogen) atoms. The lowest BCUT2D eigenvalue weighted by molar-refractivity contribution is -0.120. The molecule has 1 saturated heterocycles. The third-order valence-corrected chi connectivity index (χ3v) is 4.17. The van der Waals surface area contributed by atoms with E-state index in [9.17, 15) is 4.79 Å². The van der Waals surface area contributed by atoms with Crippen molar-refractivity contribution < 1.29 is 19.0 Å². The minimum absolute atomic E-state index is 0.00734. The number of amides is 1. The molecular weight excluding hydrogens is 308 g/mol. The number of methoxy groups -OCH3 is 2. The molecule has 0 bridgehead atoms. The predicted octanol–water partition coefficient (Wildman–Crippen LogP) is 1.47. The van der Waals surface area contributed by atoms with E-state index in [1.165, 1.54) is 0 Å². The SMILES string of the molecule is COc1ccc(OC)c(CC(=O)NCCCCN2CCOCC2)c1. The number of ether oxygens (including phenoxy) is 3. The Kier molecular flexibility index (Phi) is 7.85. The molecule has 1 aliphatic heterocycles. The third-order valence-electron chi connectivity index (χ3n) is 4.17. The first-order valence-corrected chi connectivity index (χ1v) is 8.50. The summed E-state index contributed by atoms with van der Waals surface area (Å²) in [5.74, 6) is 1.44. The molecule has 0 aromatic heterocycles. The van der Waals surface area contributed by atoms with E-state index >= 15 is 0 Å². The highest BCUT2D eigenvalue weighted by atomic mass is 16.5. The van der Waals surface area contributed by atoms with Crippen LogP contribution in [0, 0.1) is 0 Å². The first-order chi connectivity index (χ1) is 11.7. The minimum atomic E-state index is 0.00734. The molecule has 2 rings (SSSR count). The van der Waals surface area contributed by atoms with E-state index < -0.39 is 0 Å². The van der Waals surface area contributed by atoms with Gasteiger partial charge in [0, 0.05) is 25.2 Å². The number of carbonyl (C=O) groups is 1. The van der Waals surface area contributed by atoms with Gasteiger partial charge in [0.25, 0.3) is 0 Å². The largest absolute Gasteiger partial charge is 0.497 e. The molecule has 1 fully saturated rings. The van der Waals surface area contributed by atoms with Crippen LogP contribution in [0.2, 0.25) is 0 Å². The molecular formula is C18H28N2O4. The second-order valence-corrected chi connectivity index (χ2v) is 5.87. The van der Waals surface area contributed by atoms with Crippen LogP contribution in [0.5, 0.6) is 11.5 Å². The summed E-state index contributed by atoms with van der Waals surface area (Å²) in [7, 11) is 3.22. The highest BCUT2D eigenvalue weighted by molar-refractivity contribution is 5.79. The number of nitrogens with one attached hydrogen (secondary N) is 1. The Morgan fingerprint density at radius 1 is 1.21 bits per heavy atom. The van der Waals surface area contributed by atoms with Gasteiger partial charge in [0.05, 0.1) is 33.9 Å². The summed E-state index contributed by atoms with van der Waals surface area (Å²) in [4.78, 5) is 14.5. The Hall–Kier alpha value is -1.79. The van der Waals surface area contributed by atoms with Gasteiger partial charge in [-0.1, -0.05) is 0 Å². The Labute approximate surface area is 144 Å². The van der Waals surface area contributed by atoms with Crippen molar-refractivity contribution >= 4 is 5.91 Å². The van der Waals surface area contributed by atoms with Gasteiger partial charge in [-0.05, 0) is 37.6 Å². The highest BCUT2D eigenvalue weighted by Crippen LogP contribution is 2.24. The number of hydrogen-bond donors (Lipinski definition) is 1. The van der Waals surface area contributed by atoms with Gasteiger partial charge in [0.2, 0.25) is 5.91 Å². The molecule has 1 heterocycles. The van der Waals surface area contributed by atoms with Crippen LogP contribution >= 0.6 is 0 Å². The molecule has 0 radical (unpaired) electrons. The van der Waals surface area contributed by atoms with E-state index in [1.807, 2.05) is 18.2 Å². The molecule has 0 aliphatic carbocycles. The molecule has 6 nitrogen and oxygen atoms in total. The van der Waals surface area contributed by atoms with Gasteiger partial charge in [-0.3, -0.25) is 9.69 Å². The summed E-state index contributed by atoms with van der Waals surface area (Å²) in [6.07, 6.45) is 2.37. The average molecular weight is 336 g/mol. The molecule has 1 amide bonds. The van der Waals surface area contributed by atoms with Gasteiger partial charge in [0.15, 0.2) is 0 Å². The van der Waals surface area contributed by atoms with Crippen LogP contribution < -0.4 is 14.8 Å². The van der Waals surface area contributed by atoms with Gasteiger partial charge in [-0.25, -0.2) is 0 Å². The lowest BCUT2D eigenvalue weighted by Gasteiger charge is -2.26. The summed E-state index contributed by atoms with van der Waals surface area (Å²) in [6, 6.07) is 5.49. The minimum Gasteiger partial charge on any atom is -0.497 e. The molecule has 0 saturated carbocycles.